The number of phenols is 1. The van der Waals surface area contributed by atoms with Crippen molar-refractivity contribution in [1.29, 1.82) is 0 Å². The van der Waals surface area contributed by atoms with Gasteiger partial charge in [-0.15, -0.1) is 0 Å². The molecular formula is C30H24N2O3. The molecule has 0 saturated heterocycles. The molecule has 5 heteroatoms. The zero-order valence-corrected chi connectivity index (χ0v) is 19.2. The summed E-state index contributed by atoms with van der Waals surface area (Å²) in [6.07, 6.45) is 1.65. The Hall–Kier alpha value is -4.64. The number of carbonyl (C=O) groups excluding carboxylic acids is 1. The van der Waals surface area contributed by atoms with Gasteiger partial charge in [-0.2, -0.15) is 0 Å². The van der Waals surface area contributed by atoms with Crippen LogP contribution in [0, 0.1) is 6.92 Å². The Morgan fingerprint density at radius 2 is 1.60 bits per heavy atom. The second-order valence-electron chi connectivity index (χ2n) is 8.39. The molecule has 0 fully saturated rings. The number of fused-ring (bicyclic) bond motifs is 1. The Morgan fingerprint density at radius 3 is 2.37 bits per heavy atom. The molecule has 1 amide bonds. The third-order valence-electron chi connectivity index (χ3n) is 5.78. The van der Waals surface area contributed by atoms with Gasteiger partial charge in [-0.25, -0.2) is 0 Å². The highest BCUT2D eigenvalue weighted by atomic mass is 16.5. The number of nitrogens with one attached hydrogen (secondary N) is 1. The van der Waals surface area contributed by atoms with E-state index in [1.165, 1.54) is 5.56 Å². The van der Waals surface area contributed by atoms with Crippen LogP contribution in [0.3, 0.4) is 0 Å². The van der Waals surface area contributed by atoms with Gasteiger partial charge >= 0.3 is 0 Å². The summed E-state index contributed by atoms with van der Waals surface area (Å²) in [5, 5.41) is 14.2. The Morgan fingerprint density at radius 1 is 0.857 bits per heavy atom. The normalized spacial score (nSPS) is 10.8. The lowest BCUT2D eigenvalue weighted by atomic mass is 10.0. The van der Waals surface area contributed by atoms with Crippen LogP contribution in [-0.2, 0) is 6.54 Å². The minimum atomic E-state index is -0.168. The van der Waals surface area contributed by atoms with Crippen LogP contribution in [0.15, 0.2) is 103 Å². The van der Waals surface area contributed by atoms with Crippen LogP contribution in [0.5, 0.6) is 17.2 Å². The smallest absolute Gasteiger partial charge is 0.251 e. The fourth-order valence-corrected chi connectivity index (χ4v) is 3.88. The highest BCUT2D eigenvalue weighted by Gasteiger charge is 2.10. The molecular weight excluding hydrogens is 436 g/mol. The number of ether oxygens (including phenoxy) is 1. The second kappa shape index (κ2) is 9.69. The molecule has 0 unspecified atom stereocenters. The largest absolute Gasteiger partial charge is 0.506 e. The molecule has 1 aromatic heterocycles. The highest BCUT2D eigenvalue weighted by Crippen LogP contribution is 2.31. The average Bonchev–Trinajstić information content (AvgIpc) is 2.89. The summed E-state index contributed by atoms with van der Waals surface area (Å²) >= 11 is 0. The zero-order valence-electron chi connectivity index (χ0n) is 19.2. The van der Waals surface area contributed by atoms with Crippen molar-refractivity contribution in [3.63, 3.8) is 0 Å². The lowest BCUT2D eigenvalue weighted by Crippen LogP contribution is -2.22. The van der Waals surface area contributed by atoms with E-state index in [9.17, 15) is 9.90 Å². The van der Waals surface area contributed by atoms with E-state index in [0.717, 1.165) is 33.6 Å². The number of carbonyl (C=O) groups is 1. The van der Waals surface area contributed by atoms with Crippen molar-refractivity contribution >= 4 is 16.8 Å². The zero-order chi connectivity index (χ0) is 24.2. The lowest BCUT2D eigenvalue weighted by molar-refractivity contribution is 0.0951. The molecule has 0 atom stereocenters. The highest BCUT2D eigenvalue weighted by molar-refractivity contribution is 5.96. The van der Waals surface area contributed by atoms with Gasteiger partial charge < -0.3 is 15.2 Å². The summed E-state index contributed by atoms with van der Waals surface area (Å²) in [4.78, 5) is 17.0. The molecule has 4 aromatic carbocycles. The first kappa shape index (κ1) is 22.2. The molecule has 0 aliphatic rings. The van der Waals surface area contributed by atoms with Crippen LogP contribution >= 0.6 is 0 Å². The molecule has 0 radical (unpaired) electrons. The summed E-state index contributed by atoms with van der Waals surface area (Å²) in [6.45, 7) is 2.44. The van der Waals surface area contributed by atoms with Crippen molar-refractivity contribution in [2.24, 2.45) is 0 Å². The van der Waals surface area contributed by atoms with Gasteiger partial charge in [-0.1, -0.05) is 48.0 Å². The molecule has 0 saturated carbocycles. The molecule has 5 aromatic rings. The molecule has 0 bridgehead atoms. The maximum Gasteiger partial charge on any atom is 0.251 e. The third-order valence-corrected chi connectivity index (χ3v) is 5.78. The van der Waals surface area contributed by atoms with Gasteiger partial charge in [0.05, 0.1) is 0 Å². The number of phenolic OH excluding ortho intramolecular Hbond substituents is 1. The van der Waals surface area contributed by atoms with E-state index in [1.807, 2.05) is 91.9 Å². The van der Waals surface area contributed by atoms with E-state index in [4.69, 9.17) is 4.74 Å². The number of hydrogen-bond donors (Lipinski definition) is 2. The van der Waals surface area contributed by atoms with Crippen LogP contribution in [0.25, 0.3) is 22.0 Å². The number of pyridine rings is 1. The maximum atomic E-state index is 12.8. The predicted molar refractivity (Wildman–Crippen MR) is 138 cm³/mol. The average molecular weight is 461 g/mol. The Balaban J connectivity index is 1.25. The first-order chi connectivity index (χ1) is 17.0. The topological polar surface area (TPSA) is 71.5 Å². The summed E-state index contributed by atoms with van der Waals surface area (Å²) < 4.78 is 5.86. The maximum absolute atomic E-state index is 12.8. The predicted octanol–water partition coefficient (Wildman–Crippen LogP) is 6.64. The number of benzene rings is 4. The van der Waals surface area contributed by atoms with Crippen molar-refractivity contribution in [3.05, 3.63) is 120 Å². The Labute approximate surface area is 203 Å². The van der Waals surface area contributed by atoms with Gasteiger partial charge in [0.15, 0.2) is 0 Å². The van der Waals surface area contributed by atoms with Crippen LogP contribution in [-0.4, -0.2) is 16.0 Å². The number of hydrogen-bond acceptors (Lipinski definition) is 4. The van der Waals surface area contributed by atoms with E-state index in [1.54, 1.807) is 18.3 Å². The summed E-state index contributed by atoms with van der Waals surface area (Å²) in [5.74, 6) is 1.47. The lowest BCUT2D eigenvalue weighted by Gasteiger charge is -2.10. The van der Waals surface area contributed by atoms with E-state index in [-0.39, 0.29) is 11.7 Å². The first-order valence-corrected chi connectivity index (χ1v) is 11.3. The van der Waals surface area contributed by atoms with Crippen molar-refractivity contribution < 1.29 is 14.6 Å². The molecule has 172 valence electrons. The van der Waals surface area contributed by atoms with Crippen LogP contribution in [0.4, 0.5) is 0 Å². The summed E-state index contributed by atoms with van der Waals surface area (Å²) in [5.41, 5.74) is 4.92. The molecule has 5 nitrogen and oxygen atoms in total. The van der Waals surface area contributed by atoms with Crippen molar-refractivity contribution in [2.45, 2.75) is 13.5 Å². The number of rotatable bonds is 6. The molecule has 0 aliphatic heterocycles. The van der Waals surface area contributed by atoms with E-state index in [0.29, 0.717) is 17.6 Å². The van der Waals surface area contributed by atoms with Crippen molar-refractivity contribution in [1.82, 2.24) is 10.3 Å². The monoisotopic (exact) mass is 460 g/mol. The van der Waals surface area contributed by atoms with E-state index in [2.05, 4.69) is 10.3 Å². The Kier molecular flexibility index (Phi) is 6.14. The minimum Gasteiger partial charge on any atom is -0.506 e. The second-order valence-corrected chi connectivity index (χ2v) is 8.39. The van der Waals surface area contributed by atoms with Gasteiger partial charge in [0.25, 0.3) is 5.91 Å². The summed E-state index contributed by atoms with van der Waals surface area (Å²) in [7, 11) is 0. The minimum absolute atomic E-state index is 0.114. The van der Waals surface area contributed by atoms with Gasteiger partial charge in [0, 0.05) is 23.7 Å². The van der Waals surface area contributed by atoms with Crippen molar-refractivity contribution in [3.8, 4) is 28.4 Å². The van der Waals surface area contributed by atoms with Crippen LogP contribution in [0.1, 0.15) is 21.5 Å². The summed E-state index contributed by atoms with van der Waals surface area (Å²) in [6, 6.07) is 30.3. The fourth-order valence-electron chi connectivity index (χ4n) is 3.88. The van der Waals surface area contributed by atoms with Gasteiger partial charge in [-0.05, 0) is 78.2 Å². The van der Waals surface area contributed by atoms with Crippen LogP contribution in [0.2, 0.25) is 0 Å². The number of aromatic nitrogens is 1. The number of aryl methyl sites for hydroxylation is 1. The van der Waals surface area contributed by atoms with E-state index >= 15 is 0 Å². The molecule has 5 rings (SSSR count). The number of nitrogens with zero attached hydrogens (tertiary/aromatic N) is 1. The number of aromatic hydroxyl groups is 1. The SMILES string of the molecule is Cc1ccc(Oc2ccc(CNC(=O)c3cccc(-c4cc(O)c5ncccc5c4)c3)cc2)cc1. The van der Waals surface area contributed by atoms with Crippen LogP contribution < -0.4 is 10.1 Å². The number of amides is 1. The Bertz CT molecular complexity index is 1490. The quantitative estimate of drug-likeness (QED) is 0.298. The van der Waals surface area contributed by atoms with Gasteiger partial charge in [-0.3, -0.25) is 9.78 Å². The standard InChI is InChI=1S/C30H24N2O3/c1-20-7-11-26(12-8-20)35-27-13-9-21(10-14-27)19-32-30(34)24-5-2-4-22(16-24)25-17-23-6-3-15-31-29(23)28(33)18-25/h2-18,33H,19H2,1H3,(H,32,34). The van der Waals surface area contributed by atoms with Gasteiger partial charge in [0.1, 0.15) is 22.8 Å². The molecule has 0 spiro atoms. The molecule has 35 heavy (non-hydrogen) atoms. The van der Waals surface area contributed by atoms with Gasteiger partial charge in [0.2, 0.25) is 0 Å². The molecule has 1 heterocycles. The fraction of sp³-hybridized carbons (Fsp3) is 0.0667. The van der Waals surface area contributed by atoms with E-state index < -0.39 is 0 Å². The first-order valence-electron chi connectivity index (χ1n) is 11.3. The molecule has 2 N–H and O–H groups in total. The molecule has 0 aliphatic carbocycles. The third kappa shape index (κ3) is 5.14. The van der Waals surface area contributed by atoms with Crippen molar-refractivity contribution in [2.75, 3.05) is 0 Å².